The Morgan fingerprint density at radius 1 is 0.818 bits per heavy atom. The molecule has 22 heavy (non-hydrogen) atoms. The predicted octanol–water partition coefficient (Wildman–Crippen LogP) is 4.96. The summed E-state index contributed by atoms with van der Waals surface area (Å²) in [5.41, 5.74) is 6.27. The van der Waals surface area contributed by atoms with Crippen LogP contribution in [0.25, 0.3) is 0 Å². The van der Waals surface area contributed by atoms with Crippen LogP contribution in [0.15, 0.2) is 24.3 Å². The van der Waals surface area contributed by atoms with Crippen molar-refractivity contribution in [1.29, 1.82) is 0 Å². The molecule has 2 heteroatoms. The lowest BCUT2D eigenvalue weighted by atomic mass is 9.93. The van der Waals surface area contributed by atoms with E-state index >= 15 is 0 Å². The summed E-state index contributed by atoms with van der Waals surface area (Å²) in [6.07, 6.45) is 3.78. The lowest BCUT2D eigenvalue weighted by molar-refractivity contribution is 0.464. The highest BCUT2D eigenvalue weighted by atomic mass is 16.3. The second-order valence-corrected chi connectivity index (χ2v) is 6.28. The predicted molar refractivity (Wildman–Crippen MR) is 91.8 cm³/mol. The highest BCUT2D eigenvalue weighted by Crippen LogP contribution is 2.30. The van der Waals surface area contributed by atoms with Gasteiger partial charge in [0.15, 0.2) is 0 Å². The first-order valence-corrected chi connectivity index (χ1v) is 8.02. The fourth-order valence-electron chi connectivity index (χ4n) is 2.93. The van der Waals surface area contributed by atoms with Gasteiger partial charge in [-0.05, 0) is 67.5 Å². The number of aryl methyl sites for hydroxylation is 4. The van der Waals surface area contributed by atoms with Crippen molar-refractivity contribution in [2.24, 2.45) is 0 Å². The van der Waals surface area contributed by atoms with E-state index in [0.29, 0.717) is 17.9 Å². The normalized spacial score (nSPS) is 10.9. The van der Waals surface area contributed by atoms with Crippen LogP contribution in [0.3, 0.4) is 0 Å². The third-order valence-corrected chi connectivity index (χ3v) is 4.24. The van der Waals surface area contributed by atoms with Gasteiger partial charge < -0.3 is 10.2 Å². The molecular formula is C20H26O2. The van der Waals surface area contributed by atoms with Gasteiger partial charge in [0.2, 0.25) is 0 Å². The van der Waals surface area contributed by atoms with Crippen molar-refractivity contribution < 1.29 is 10.2 Å². The van der Waals surface area contributed by atoms with Crippen LogP contribution in [-0.2, 0) is 12.8 Å². The number of hydrogen-bond donors (Lipinski definition) is 2. The first kappa shape index (κ1) is 16.4. The third-order valence-electron chi connectivity index (χ3n) is 4.24. The molecule has 0 aromatic heterocycles. The van der Waals surface area contributed by atoms with Gasteiger partial charge in [-0.3, -0.25) is 0 Å². The number of aromatic hydroxyl groups is 2. The molecule has 2 aromatic carbocycles. The van der Waals surface area contributed by atoms with Crippen LogP contribution in [-0.4, -0.2) is 10.2 Å². The van der Waals surface area contributed by atoms with Gasteiger partial charge in [0, 0.05) is 6.42 Å². The number of phenols is 2. The molecule has 0 aliphatic heterocycles. The minimum absolute atomic E-state index is 0.383. The van der Waals surface area contributed by atoms with Crippen molar-refractivity contribution in [1.82, 2.24) is 0 Å². The van der Waals surface area contributed by atoms with Crippen LogP contribution in [0.4, 0.5) is 0 Å². The maximum Gasteiger partial charge on any atom is 0.122 e. The fraction of sp³-hybridized carbons (Fsp3) is 0.400. The van der Waals surface area contributed by atoms with E-state index in [1.54, 1.807) is 0 Å². The molecule has 2 nitrogen and oxygen atoms in total. The summed E-state index contributed by atoms with van der Waals surface area (Å²) in [6.45, 7) is 8.15. The largest absolute Gasteiger partial charge is 0.508 e. The SMILES string of the molecule is CCCCc1cc(Cc2cc(C)cc(C)c2O)c(C)cc1O. The molecule has 0 aliphatic rings. The van der Waals surface area contributed by atoms with Gasteiger partial charge in [0.05, 0.1) is 0 Å². The van der Waals surface area contributed by atoms with E-state index in [1.807, 2.05) is 39.0 Å². The van der Waals surface area contributed by atoms with Crippen LogP contribution in [0, 0.1) is 20.8 Å². The zero-order valence-electron chi connectivity index (χ0n) is 14.0. The summed E-state index contributed by atoms with van der Waals surface area (Å²) in [5.74, 6) is 0.771. The number of benzene rings is 2. The van der Waals surface area contributed by atoms with Gasteiger partial charge in [0.1, 0.15) is 11.5 Å². The average Bonchev–Trinajstić information content (AvgIpc) is 2.45. The molecule has 0 bridgehead atoms. The van der Waals surface area contributed by atoms with E-state index in [4.69, 9.17) is 0 Å². The molecule has 2 N–H and O–H groups in total. The van der Waals surface area contributed by atoms with E-state index in [0.717, 1.165) is 47.1 Å². The van der Waals surface area contributed by atoms with Gasteiger partial charge in [-0.1, -0.05) is 37.1 Å². The zero-order valence-corrected chi connectivity index (χ0v) is 14.0. The second kappa shape index (κ2) is 6.87. The zero-order chi connectivity index (χ0) is 16.3. The van der Waals surface area contributed by atoms with Crippen LogP contribution < -0.4 is 0 Å². The summed E-state index contributed by atoms with van der Waals surface area (Å²) in [4.78, 5) is 0. The number of phenolic OH excluding ortho intramolecular Hbond substituents is 2. The number of hydrogen-bond acceptors (Lipinski definition) is 2. The van der Waals surface area contributed by atoms with Gasteiger partial charge in [-0.15, -0.1) is 0 Å². The first-order chi connectivity index (χ1) is 10.4. The Morgan fingerprint density at radius 3 is 2.23 bits per heavy atom. The minimum atomic E-state index is 0.383. The van der Waals surface area contributed by atoms with Gasteiger partial charge in [0.25, 0.3) is 0 Å². The summed E-state index contributed by atoms with van der Waals surface area (Å²) < 4.78 is 0. The molecular weight excluding hydrogens is 272 g/mol. The standard InChI is InChI=1S/C20H26O2/c1-5-6-7-16-11-17(14(3)10-19(16)21)12-18-9-13(2)8-15(4)20(18)22/h8-11,21-22H,5-7,12H2,1-4H3. The smallest absolute Gasteiger partial charge is 0.122 e. The lowest BCUT2D eigenvalue weighted by Crippen LogP contribution is -1.97. The topological polar surface area (TPSA) is 40.5 Å². The number of rotatable bonds is 5. The van der Waals surface area contributed by atoms with Crippen LogP contribution in [0.5, 0.6) is 11.5 Å². The van der Waals surface area contributed by atoms with Gasteiger partial charge in [-0.25, -0.2) is 0 Å². The molecule has 2 rings (SSSR count). The molecule has 0 radical (unpaired) electrons. The quantitative estimate of drug-likeness (QED) is 0.819. The van der Waals surface area contributed by atoms with E-state index in [9.17, 15) is 10.2 Å². The molecule has 0 atom stereocenters. The van der Waals surface area contributed by atoms with Gasteiger partial charge >= 0.3 is 0 Å². The molecule has 0 spiro atoms. The molecule has 0 saturated heterocycles. The molecule has 0 unspecified atom stereocenters. The molecule has 0 fully saturated rings. The van der Waals surface area contributed by atoms with Crippen LogP contribution in [0.1, 0.15) is 53.1 Å². The monoisotopic (exact) mass is 298 g/mol. The Balaban J connectivity index is 2.37. The maximum atomic E-state index is 10.3. The van der Waals surface area contributed by atoms with Crippen molar-refractivity contribution in [3.63, 3.8) is 0 Å². The average molecular weight is 298 g/mol. The minimum Gasteiger partial charge on any atom is -0.508 e. The summed E-state index contributed by atoms with van der Waals surface area (Å²) in [5, 5.41) is 20.4. The summed E-state index contributed by atoms with van der Waals surface area (Å²) in [6, 6.07) is 7.98. The van der Waals surface area contributed by atoms with E-state index in [1.165, 1.54) is 5.56 Å². The molecule has 0 heterocycles. The number of unbranched alkanes of at least 4 members (excludes halogenated alkanes) is 1. The Kier molecular flexibility index (Phi) is 5.12. The Labute approximate surface area is 133 Å². The fourth-order valence-corrected chi connectivity index (χ4v) is 2.93. The van der Waals surface area contributed by atoms with Gasteiger partial charge in [-0.2, -0.15) is 0 Å². The highest BCUT2D eigenvalue weighted by molar-refractivity contribution is 5.48. The first-order valence-electron chi connectivity index (χ1n) is 8.02. The van der Waals surface area contributed by atoms with Crippen LogP contribution in [0.2, 0.25) is 0 Å². The molecule has 2 aromatic rings. The molecule has 0 amide bonds. The Bertz CT molecular complexity index is 672. The van der Waals surface area contributed by atoms with Crippen LogP contribution >= 0.6 is 0 Å². The van der Waals surface area contributed by atoms with Crippen molar-refractivity contribution in [2.75, 3.05) is 0 Å². The lowest BCUT2D eigenvalue weighted by Gasteiger charge is -2.14. The summed E-state index contributed by atoms with van der Waals surface area (Å²) in [7, 11) is 0. The maximum absolute atomic E-state index is 10.3. The summed E-state index contributed by atoms with van der Waals surface area (Å²) >= 11 is 0. The molecule has 0 saturated carbocycles. The van der Waals surface area contributed by atoms with Crippen molar-refractivity contribution in [2.45, 2.75) is 53.4 Å². The van der Waals surface area contributed by atoms with Crippen molar-refractivity contribution in [3.05, 3.63) is 57.6 Å². The molecule has 118 valence electrons. The van der Waals surface area contributed by atoms with Crippen molar-refractivity contribution >= 4 is 0 Å². The molecule has 0 aliphatic carbocycles. The highest BCUT2D eigenvalue weighted by Gasteiger charge is 2.11. The van der Waals surface area contributed by atoms with Crippen molar-refractivity contribution in [3.8, 4) is 11.5 Å². The Morgan fingerprint density at radius 2 is 1.55 bits per heavy atom. The van der Waals surface area contributed by atoms with E-state index in [2.05, 4.69) is 13.0 Å². The second-order valence-electron chi connectivity index (χ2n) is 6.28. The Hall–Kier alpha value is -1.96. The van der Waals surface area contributed by atoms with E-state index < -0.39 is 0 Å². The third kappa shape index (κ3) is 3.62. The van der Waals surface area contributed by atoms with E-state index in [-0.39, 0.29) is 0 Å².